The van der Waals surface area contributed by atoms with Gasteiger partial charge in [0.15, 0.2) is 0 Å². The fourth-order valence-electron chi connectivity index (χ4n) is 5.33. The molecule has 1 unspecified atom stereocenters. The first-order chi connectivity index (χ1) is 17.2. The minimum absolute atomic E-state index is 0.0567. The Morgan fingerprint density at radius 3 is 2.44 bits per heavy atom. The minimum atomic E-state index is -4.39. The Labute approximate surface area is 205 Å². The lowest BCUT2D eigenvalue weighted by Gasteiger charge is -2.39. The van der Waals surface area contributed by atoms with E-state index in [4.69, 9.17) is 15.5 Å². The van der Waals surface area contributed by atoms with Crippen molar-refractivity contribution in [3.63, 3.8) is 0 Å². The SMILES string of the molecule is NC(=O)c1cc(CN2CCNC(=O)C2)nc(N2[C@@H]3CC[C@H]2CC(Oc2ccc(C(F)(F)F)cc2)C3)n1. The van der Waals surface area contributed by atoms with Gasteiger partial charge in [-0.1, -0.05) is 0 Å². The Hall–Kier alpha value is -3.41. The first-order valence-corrected chi connectivity index (χ1v) is 11.9. The number of piperidine rings is 1. The van der Waals surface area contributed by atoms with Crippen LogP contribution >= 0.6 is 0 Å². The van der Waals surface area contributed by atoms with Crippen LogP contribution in [-0.4, -0.2) is 64.5 Å². The summed E-state index contributed by atoms with van der Waals surface area (Å²) in [7, 11) is 0. The van der Waals surface area contributed by atoms with Gasteiger partial charge in [-0.15, -0.1) is 0 Å². The summed E-state index contributed by atoms with van der Waals surface area (Å²) in [5.41, 5.74) is 5.58. The number of hydrogen-bond acceptors (Lipinski definition) is 7. The van der Waals surface area contributed by atoms with Crippen LogP contribution in [0.3, 0.4) is 0 Å². The zero-order valence-corrected chi connectivity index (χ0v) is 19.5. The maximum atomic E-state index is 12.8. The van der Waals surface area contributed by atoms with Crippen molar-refractivity contribution in [1.29, 1.82) is 0 Å². The van der Waals surface area contributed by atoms with Crippen LogP contribution in [0.15, 0.2) is 30.3 Å². The predicted octanol–water partition coefficient (Wildman–Crippen LogP) is 2.10. The quantitative estimate of drug-likeness (QED) is 0.620. The smallest absolute Gasteiger partial charge is 0.416 e. The van der Waals surface area contributed by atoms with Gasteiger partial charge in [0.1, 0.15) is 17.5 Å². The molecule has 3 aliphatic rings. The Balaban J connectivity index is 1.31. The number of carbonyl (C=O) groups excluding carboxylic acids is 2. The number of anilines is 1. The highest BCUT2D eigenvalue weighted by Gasteiger charge is 2.43. The molecule has 2 aromatic rings. The van der Waals surface area contributed by atoms with Crippen LogP contribution in [0, 0.1) is 0 Å². The molecule has 9 nitrogen and oxygen atoms in total. The second-order valence-corrected chi connectivity index (χ2v) is 9.50. The van der Waals surface area contributed by atoms with E-state index in [0.717, 1.165) is 25.0 Å². The first-order valence-electron chi connectivity index (χ1n) is 11.9. The Morgan fingerprint density at radius 2 is 1.83 bits per heavy atom. The molecular weight excluding hydrogens is 477 g/mol. The molecule has 4 heterocycles. The molecule has 5 rings (SSSR count). The number of nitrogens with one attached hydrogen (secondary N) is 1. The van der Waals surface area contributed by atoms with Gasteiger partial charge in [-0.2, -0.15) is 13.2 Å². The summed E-state index contributed by atoms with van der Waals surface area (Å²) in [6.07, 6.45) is -1.44. The van der Waals surface area contributed by atoms with E-state index in [1.54, 1.807) is 6.07 Å². The number of ether oxygens (including phenoxy) is 1. The number of fused-ring (bicyclic) bond motifs is 2. The van der Waals surface area contributed by atoms with Gasteiger partial charge in [-0.05, 0) is 43.2 Å². The number of nitrogens with two attached hydrogens (primary N) is 1. The van der Waals surface area contributed by atoms with E-state index in [2.05, 4.69) is 15.2 Å². The molecule has 0 spiro atoms. The molecule has 3 N–H and O–H groups in total. The maximum absolute atomic E-state index is 12.8. The second-order valence-electron chi connectivity index (χ2n) is 9.50. The number of nitrogens with zero attached hydrogens (tertiary/aromatic N) is 4. The second kappa shape index (κ2) is 9.57. The van der Waals surface area contributed by atoms with Crippen LogP contribution in [0.5, 0.6) is 5.75 Å². The molecule has 0 radical (unpaired) electrons. The average molecular weight is 505 g/mol. The summed E-state index contributed by atoms with van der Waals surface area (Å²) in [6, 6.07) is 6.46. The van der Waals surface area contributed by atoms with Crippen LogP contribution in [0.1, 0.15) is 47.4 Å². The predicted molar refractivity (Wildman–Crippen MR) is 123 cm³/mol. The maximum Gasteiger partial charge on any atom is 0.416 e. The normalized spacial score (nSPS) is 24.5. The van der Waals surface area contributed by atoms with Gasteiger partial charge in [-0.25, -0.2) is 9.97 Å². The van der Waals surface area contributed by atoms with Crippen molar-refractivity contribution in [1.82, 2.24) is 20.2 Å². The van der Waals surface area contributed by atoms with Crippen LogP contribution in [-0.2, 0) is 17.5 Å². The number of rotatable bonds is 6. The lowest BCUT2D eigenvalue weighted by Crippen LogP contribution is -2.48. The molecule has 36 heavy (non-hydrogen) atoms. The standard InChI is InChI=1S/C24H27F3N6O3/c25-24(26,27)14-1-5-18(6-2-14)36-19-10-16-3-4-17(11-19)33(16)23-30-15(9-20(31-23)22(28)35)12-32-8-7-29-21(34)13-32/h1-2,5-6,9,16-17,19H,3-4,7-8,10-13H2,(H2,28,35)(H,29,34)/t16-,17+,19?. The van der Waals surface area contributed by atoms with Crippen LogP contribution in [0.4, 0.5) is 19.1 Å². The van der Waals surface area contributed by atoms with E-state index < -0.39 is 17.6 Å². The van der Waals surface area contributed by atoms with E-state index in [0.29, 0.717) is 49.9 Å². The number of alkyl halides is 3. The van der Waals surface area contributed by atoms with Gasteiger partial charge in [0.2, 0.25) is 11.9 Å². The summed E-state index contributed by atoms with van der Waals surface area (Å²) < 4.78 is 44.6. The third-order valence-corrected chi connectivity index (χ3v) is 6.93. The molecule has 0 saturated carbocycles. The van der Waals surface area contributed by atoms with Crippen molar-refractivity contribution in [2.24, 2.45) is 5.73 Å². The van der Waals surface area contributed by atoms with Gasteiger partial charge in [-0.3, -0.25) is 14.5 Å². The molecule has 2 bridgehead atoms. The zero-order chi connectivity index (χ0) is 25.4. The highest BCUT2D eigenvalue weighted by Crippen LogP contribution is 2.40. The van der Waals surface area contributed by atoms with E-state index >= 15 is 0 Å². The largest absolute Gasteiger partial charge is 0.490 e. The highest BCUT2D eigenvalue weighted by atomic mass is 19.4. The van der Waals surface area contributed by atoms with Gasteiger partial charge >= 0.3 is 6.18 Å². The Kier molecular flexibility index (Phi) is 6.45. The van der Waals surface area contributed by atoms with E-state index in [9.17, 15) is 22.8 Å². The lowest BCUT2D eigenvalue weighted by atomic mass is 10.00. The van der Waals surface area contributed by atoms with Crippen molar-refractivity contribution >= 4 is 17.8 Å². The van der Waals surface area contributed by atoms with E-state index in [1.807, 2.05) is 4.90 Å². The molecule has 3 atom stereocenters. The summed E-state index contributed by atoms with van der Waals surface area (Å²) in [5, 5.41) is 2.78. The van der Waals surface area contributed by atoms with Gasteiger partial charge in [0.25, 0.3) is 5.91 Å². The third-order valence-electron chi connectivity index (χ3n) is 6.93. The van der Waals surface area contributed by atoms with Crippen molar-refractivity contribution in [3.8, 4) is 5.75 Å². The Bertz CT molecular complexity index is 1130. The number of amides is 2. The third kappa shape index (κ3) is 5.23. The number of benzene rings is 1. The molecule has 0 aliphatic carbocycles. The molecular formula is C24H27F3N6O3. The zero-order valence-electron chi connectivity index (χ0n) is 19.5. The van der Waals surface area contributed by atoms with E-state index in [-0.39, 0.29) is 36.3 Å². The van der Waals surface area contributed by atoms with Crippen molar-refractivity contribution < 1.29 is 27.5 Å². The van der Waals surface area contributed by atoms with Crippen molar-refractivity contribution in [3.05, 3.63) is 47.3 Å². The number of carbonyl (C=O) groups is 2. The van der Waals surface area contributed by atoms with Gasteiger partial charge in [0.05, 0.1) is 17.8 Å². The molecule has 3 aliphatic heterocycles. The van der Waals surface area contributed by atoms with Gasteiger partial charge in [0, 0.05) is 44.6 Å². The number of primary amides is 1. The summed E-state index contributed by atoms with van der Waals surface area (Å²) >= 11 is 0. The molecule has 3 saturated heterocycles. The Morgan fingerprint density at radius 1 is 1.14 bits per heavy atom. The topological polar surface area (TPSA) is 114 Å². The summed E-state index contributed by atoms with van der Waals surface area (Å²) in [5.74, 6) is 0.131. The summed E-state index contributed by atoms with van der Waals surface area (Å²) in [4.78, 5) is 37.0. The van der Waals surface area contributed by atoms with Crippen LogP contribution < -0.4 is 20.7 Å². The number of hydrogen-bond donors (Lipinski definition) is 2. The van der Waals surface area contributed by atoms with Crippen molar-refractivity contribution in [2.45, 2.75) is 56.6 Å². The van der Waals surface area contributed by atoms with E-state index in [1.165, 1.54) is 12.1 Å². The van der Waals surface area contributed by atoms with Crippen LogP contribution in [0.25, 0.3) is 0 Å². The molecule has 12 heteroatoms. The highest BCUT2D eigenvalue weighted by molar-refractivity contribution is 5.91. The molecule has 2 amide bonds. The molecule has 1 aromatic carbocycles. The number of piperazine rings is 1. The van der Waals surface area contributed by atoms with Crippen LogP contribution in [0.2, 0.25) is 0 Å². The van der Waals surface area contributed by atoms with Crippen molar-refractivity contribution in [2.75, 3.05) is 24.5 Å². The minimum Gasteiger partial charge on any atom is -0.490 e. The average Bonchev–Trinajstić information content (AvgIpc) is 3.09. The number of aromatic nitrogens is 2. The van der Waals surface area contributed by atoms with Gasteiger partial charge < -0.3 is 20.7 Å². The molecule has 1 aromatic heterocycles. The monoisotopic (exact) mass is 504 g/mol. The number of halogens is 3. The fraction of sp³-hybridized carbons (Fsp3) is 0.500. The molecule has 3 fully saturated rings. The summed E-state index contributed by atoms with van der Waals surface area (Å²) in [6.45, 7) is 1.88. The first kappa shape index (κ1) is 24.3. The lowest BCUT2D eigenvalue weighted by molar-refractivity contribution is -0.137. The molecule has 192 valence electrons. The fourth-order valence-corrected chi connectivity index (χ4v) is 5.33.